The van der Waals surface area contributed by atoms with Crippen LogP contribution in [0.4, 0.5) is 0 Å². The van der Waals surface area contributed by atoms with Gasteiger partial charge in [-0.2, -0.15) is 0 Å². The van der Waals surface area contributed by atoms with Gasteiger partial charge in [-0.15, -0.1) is 0 Å². The maximum atomic E-state index is 10.4. The quantitative estimate of drug-likeness (QED) is 0.839. The van der Waals surface area contributed by atoms with Crippen molar-refractivity contribution in [2.45, 2.75) is 60.1 Å². The molecule has 102 valence electrons. The Morgan fingerprint density at radius 1 is 1.11 bits per heavy atom. The summed E-state index contributed by atoms with van der Waals surface area (Å²) in [5.41, 5.74) is 6.06. The zero-order valence-corrected chi connectivity index (χ0v) is 12.6. The minimum absolute atomic E-state index is 0.419. The van der Waals surface area contributed by atoms with Gasteiger partial charge in [-0.3, -0.25) is 0 Å². The first-order valence-corrected chi connectivity index (χ1v) is 6.87. The third kappa shape index (κ3) is 3.33. The molecule has 0 spiro atoms. The average Bonchev–Trinajstić information content (AvgIpc) is 2.33. The zero-order valence-electron chi connectivity index (χ0n) is 12.6. The lowest BCUT2D eigenvalue weighted by Crippen LogP contribution is -2.30. The van der Waals surface area contributed by atoms with Crippen LogP contribution in [0.3, 0.4) is 0 Å². The van der Waals surface area contributed by atoms with Crippen LogP contribution in [0.5, 0.6) is 0 Å². The van der Waals surface area contributed by atoms with Gasteiger partial charge >= 0.3 is 0 Å². The number of hydrogen-bond donors (Lipinski definition) is 2. The third-order valence-electron chi connectivity index (χ3n) is 4.03. The van der Waals surface area contributed by atoms with Crippen molar-refractivity contribution in [3.05, 3.63) is 33.9 Å². The Morgan fingerprint density at radius 3 is 2.06 bits per heavy atom. The number of aliphatic hydroxyl groups excluding tert-OH is 1. The Hall–Kier alpha value is -0.860. The summed E-state index contributed by atoms with van der Waals surface area (Å²) in [6, 6.07) is 2.65. The summed E-state index contributed by atoms with van der Waals surface area (Å²) in [5, 5.41) is 13.8. The minimum atomic E-state index is -0.419. The fourth-order valence-electron chi connectivity index (χ4n) is 2.31. The Bertz CT molecular complexity index is 386. The van der Waals surface area contributed by atoms with Crippen molar-refractivity contribution in [2.24, 2.45) is 0 Å². The number of benzene rings is 1. The largest absolute Gasteiger partial charge is 0.387 e. The smallest absolute Gasteiger partial charge is 0.0919 e. The second-order valence-electron chi connectivity index (χ2n) is 5.41. The highest BCUT2D eigenvalue weighted by molar-refractivity contribution is 5.45. The highest BCUT2D eigenvalue weighted by atomic mass is 16.3. The van der Waals surface area contributed by atoms with E-state index in [9.17, 15) is 5.11 Å². The molecule has 0 saturated heterocycles. The summed E-state index contributed by atoms with van der Waals surface area (Å²) in [5.74, 6) is 0. The lowest BCUT2D eigenvalue weighted by Gasteiger charge is -2.22. The van der Waals surface area contributed by atoms with Crippen LogP contribution >= 0.6 is 0 Å². The molecule has 2 nitrogen and oxygen atoms in total. The number of aliphatic hydroxyl groups is 1. The van der Waals surface area contributed by atoms with E-state index < -0.39 is 6.10 Å². The van der Waals surface area contributed by atoms with Crippen LogP contribution in [0.25, 0.3) is 0 Å². The van der Waals surface area contributed by atoms with E-state index in [2.05, 4.69) is 52.9 Å². The normalized spacial score (nSPS) is 14.6. The van der Waals surface area contributed by atoms with Gasteiger partial charge in [0.25, 0.3) is 0 Å². The molecule has 0 radical (unpaired) electrons. The van der Waals surface area contributed by atoms with Crippen LogP contribution < -0.4 is 5.32 Å². The summed E-state index contributed by atoms with van der Waals surface area (Å²) >= 11 is 0. The van der Waals surface area contributed by atoms with Gasteiger partial charge in [-0.1, -0.05) is 13.0 Å². The van der Waals surface area contributed by atoms with Gasteiger partial charge in [-0.05, 0) is 68.9 Å². The summed E-state index contributed by atoms with van der Waals surface area (Å²) in [6.45, 7) is 13.3. The number of aryl methyl sites for hydroxylation is 2. The Balaban J connectivity index is 2.94. The molecule has 2 unspecified atom stereocenters. The van der Waals surface area contributed by atoms with Crippen LogP contribution in [-0.2, 0) is 0 Å². The minimum Gasteiger partial charge on any atom is -0.387 e. The molecule has 0 aliphatic heterocycles. The second-order valence-corrected chi connectivity index (χ2v) is 5.41. The first-order chi connectivity index (χ1) is 8.38. The van der Waals surface area contributed by atoms with E-state index in [0.717, 1.165) is 12.0 Å². The Labute approximate surface area is 111 Å². The van der Waals surface area contributed by atoms with Crippen molar-refractivity contribution in [2.75, 3.05) is 6.54 Å². The van der Waals surface area contributed by atoms with Gasteiger partial charge in [0, 0.05) is 12.6 Å². The van der Waals surface area contributed by atoms with Crippen LogP contribution in [0.1, 0.15) is 54.2 Å². The molecule has 1 rings (SSSR count). The predicted molar refractivity (Wildman–Crippen MR) is 78.1 cm³/mol. The average molecular weight is 249 g/mol. The lowest BCUT2D eigenvalue weighted by molar-refractivity contribution is 0.169. The van der Waals surface area contributed by atoms with Crippen molar-refractivity contribution in [3.8, 4) is 0 Å². The third-order valence-corrected chi connectivity index (χ3v) is 4.03. The molecule has 0 heterocycles. The molecule has 1 aromatic rings. The van der Waals surface area contributed by atoms with E-state index in [1.165, 1.54) is 22.3 Å². The predicted octanol–water partition coefficient (Wildman–Crippen LogP) is 3.34. The number of nitrogens with one attached hydrogen (secondary N) is 1. The Kier molecular flexibility index (Phi) is 5.36. The molecule has 2 atom stereocenters. The SMILES string of the molecule is CCC(C)NCC(O)c1c(C)c(C)cc(C)c1C. The van der Waals surface area contributed by atoms with Crippen molar-refractivity contribution < 1.29 is 5.11 Å². The zero-order chi connectivity index (χ0) is 13.9. The fourth-order valence-corrected chi connectivity index (χ4v) is 2.31. The molecular weight excluding hydrogens is 222 g/mol. The maximum absolute atomic E-state index is 10.4. The molecule has 0 aliphatic rings. The molecule has 0 saturated carbocycles. The molecule has 18 heavy (non-hydrogen) atoms. The van der Waals surface area contributed by atoms with Crippen LogP contribution in [0.15, 0.2) is 6.07 Å². The molecule has 2 N–H and O–H groups in total. The molecule has 2 heteroatoms. The van der Waals surface area contributed by atoms with Crippen molar-refractivity contribution >= 4 is 0 Å². The molecule has 1 aromatic carbocycles. The maximum Gasteiger partial charge on any atom is 0.0919 e. The molecule has 0 fully saturated rings. The first-order valence-electron chi connectivity index (χ1n) is 6.87. The molecule has 0 bridgehead atoms. The van der Waals surface area contributed by atoms with Crippen molar-refractivity contribution in [1.29, 1.82) is 0 Å². The molecule has 0 amide bonds. The molecule has 0 aromatic heterocycles. The Morgan fingerprint density at radius 2 is 1.61 bits per heavy atom. The summed E-state index contributed by atoms with van der Waals surface area (Å²) in [6.07, 6.45) is 0.662. The standard InChI is InChI=1S/C16H27NO/c1-7-12(4)17-9-15(18)16-13(5)10(2)8-11(3)14(16)6/h8,12,15,17-18H,7,9H2,1-6H3. The monoisotopic (exact) mass is 249 g/mol. The molecular formula is C16H27NO. The topological polar surface area (TPSA) is 32.3 Å². The number of rotatable bonds is 5. The van der Waals surface area contributed by atoms with E-state index in [1.807, 2.05) is 0 Å². The van der Waals surface area contributed by atoms with E-state index in [1.54, 1.807) is 0 Å². The van der Waals surface area contributed by atoms with E-state index in [4.69, 9.17) is 0 Å². The van der Waals surface area contributed by atoms with Crippen LogP contribution in [0, 0.1) is 27.7 Å². The fraction of sp³-hybridized carbons (Fsp3) is 0.625. The first kappa shape index (κ1) is 15.2. The van der Waals surface area contributed by atoms with Gasteiger partial charge in [-0.25, -0.2) is 0 Å². The van der Waals surface area contributed by atoms with Gasteiger partial charge in [0.05, 0.1) is 6.10 Å². The summed E-state index contributed by atoms with van der Waals surface area (Å²) < 4.78 is 0. The van der Waals surface area contributed by atoms with E-state index in [-0.39, 0.29) is 0 Å². The van der Waals surface area contributed by atoms with Crippen LogP contribution in [-0.4, -0.2) is 17.7 Å². The molecule has 0 aliphatic carbocycles. The number of hydrogen-bond acceptors (Lipinski definition) is 2. The lowest BCUT2D eigenvalue weighted by atomic mass is 9.91. The van der Waals surface area contributed by atoms with Gasteiger partial charge in [0.2, 0.25) is 0 Å². The van der Waals surface area contributed by atoms with Crippen molar-refractivity contribution in [3.63, 3.8) is 0 Å². The van der Waals surface area contributed by atoms with Crippen molar-refractivity contribution in [1.82, 2.24) is 5.32 Å². The highest BCUT2D eigenvalue weighted by Crippen LogP contribution is 2.27. The van der Waals surface area contributed by atoms with Gasteiger partial charge < -0.3 is 10.4 Å². The summed E-state index contributed by atoms with van der Waals surface area (Å²) in [4.78, 5) is 0. The second kappa shape index (κ2) is 6.35. The van der Waals surface area contributed by atoms with E-state index >= 15 is 0 Å². The van der Waals surface area contributed by atoms with Gasteiger partial charge in [0.15, 0.2) is 0 Å². The highest BCUT2D eigenvalue weighted by Gasteiger charge is 2.16. The summed E-state index contributed by atoms with van der Waals surface area (Å²) in [7, 11) is 0. The van der Waals surface area contributed by atoms with E-state index in [0.29, 0.717) is 12.6 Å². The van der Waals surface area contributed by atoms with Gasteiger partial charge in [0.1, 0.15) is 0 Å². The van der Waals surface area contributed by atoms with Crippen LogP contribution in [0.2, 0.25) is 0 Å².